The summed E-state index contributed by atoms with van der Waals surface area (Å²) in [6.45, 7) is 1.30. The lowest BCUT2D eigenvalue weighted by Crippen LogP contribution is -2.27. The summed E-state index contributed by atoms with van der Waals surface area (Å²) in [6, 6.07) is 0. The fourth-order valence-corrected chi connectivity index (χ4v) is 1.70. The maximum Gasteiger partial charge on any atom is 0.341 e. The van der Waals surface area contributed by atoms with Crippen molar-refractivity contribution in [2.75, 3.05) is 0 Å². The van der Waals surface area contributed by atoms with E-state index in [1.54, 1.807) is 12.2 Å². The Bertz CT molecular complexity index is 553. The Kier molecular flexibility index (Phi) is 3.16. The standard InChI is InChI=1S/C11H9N3O4/c1-6(15)17-8-3-2-7-4-9(13-14-12)11(16)18-10(7)5-8/h2-4,10H,5H2,1H3. The van der Waals surface area contributed by atoms with Crippen molar-refractivity contribution in [2.45, 2.75) is 19.4 Å². The highest BCUT2D eigenvalue weighted by Crippen LogP contribution is 2.29. The van der Waals surface area contributed by atoms with E-state index < -0.39 is 18.0 Å². The molecule has 7 heteroatoms. The van der Waals surface area contributed by atoms with Crippen LogP contribution in [0.3, 0.4) is 0 Å². The average molecular weight is 247 g/mol. The van der Waals surface area contributed by atoms with Crippen molar-refractivity contribution in [3.8, 4) is 0 Å². The van der Waals surface area contributed by atoms with Gasteiger partial charge < -0.3 is 9.47 Å². The molecule has 0 aromatic heterocycles. The Balaban J connectivity index is 2.26. The quantitative estimate of drug-likeness (QED) is 0.321. The molecule has 0 bridgehead atoms. The van der Waals surface area contributed by atoms with E-state index in [9.17, 15) is 9.59 Å². The van der Waals surface area contributed by atoms with Crippen molar-refractivity contribution in [3.05, 3.63) is 45.7 Å². The maximum atomic E-state index is 11.5. The van der Waals surface area contributed by atoms with Crippen LogP contribution >= 0.6 is 0 Å². The van der Waals surface area contributed by atoms with E-state index in [0.717, 1.165) is 0 Å². The van der Waals surface area contributed by atoms with Crippen LogP contribution in [0.2, 0.25) is 0 Å². The highest BCUT2D eigenvalue weighted by Gasteiger charge is 2.29. The molecule has 0 saturated carbocycles. The van der Waals surface area contributed by atoms with Crippen molar-refractivity contribution < 1.29 is 19.1 Å². The minimum Gasteiger partial charge on any atom is -0.454 e. The number of carbonyl (C=O) groups excluding carboxylic acids is 2. The first-order valence-electron chi connectivity index (χ1n) is 5.17. The zero-order chi connectivity index (χ0) is 13.1. The molecule has 0 radical (unpaired) electrons. The van der Waals surface area contributed by atoms with Crippen molar-refractivity contribution >= 4 is 11.9 Å². The van der Waals surface area contributed by atoms with Crippen molar-refractivity contribution in [2.24, 2.45) is 5.11 Å². The van der Waals surface area contributed by atoms with Gasteiger partial charge in [0.15, 0.2) is 0 Å². The molecule has 0 N–H and O–H groups in total. The molecular weight excluding hydrogens is 238 g/mol. The maximum absolute atomic E-state index is 11.5. The third kappa shape index (κ3) is 2.41. The Hall–Kier alpha value is -2.53. The molecule has 18 heavy (non-hydrogen) atoms. The highest BCUT2D eigenvalue weighted by atomic mass is 16.6. The van der Waals surface area contributed by atoms with Gasteiger partial charge >= 0.3 is 11.9 Å². The Labute approximate surface area is 102 Å². The molecule has 2 rings (SSSR count). The number of rotatable bonds is 2. The van der Waals surface area contributed by atoms with Crippen LogP contribution in [0.15, 0.2) is 40.4 Å². The average Bonchev–Trinajstić information content (AvgIpc) is 2.30. The second-order valence-electron chi connectivity index (χ2n) is 3.71. The van der Waals surface area contributed by atoms with Gasteiger partial charge in [0.1, 0.15) is 17.6 Å². The summed E-state index contributed by atoms with van der Waals surface area (Å²) in [7, 11) is 0. The molecule has 0 spiro atoms. The number of hydrogen-bond donors (Lipinski definition) is 0. The molecule has 92 valence electrons. The fraction of sp³-hybridized carbons (Fsp3) is 0.273. The van der Waals surface area contributed by atoms with Gasteiger partial charge in [0.2, 0.25) is 0 Å². The largest absolute Gasteiger partial charge is 0.454 e. The number of allylic oxidation sites excluding steroid dienone is 2. The molecule has 0 saturated heterocycles. The predicted octanol–water partition coefficient (Wildman–Crippen LogP) is 1.88. The fourth-order valence-electron chi connectivity index (χ4n) is 1.70. The summed E-state index contributed by atoms with van der Waals surface area (Å²) in [6.07, 6.45) is 4.53. The van der Waals surface area contributed by atoms with Crippen molar-refractivity contribution in [1.82, 2.24) is 0 Å². The lowest BCUT2D eigenvalue weighted by Gasteiger charge is -2.26. The van der Waals surface area contributed by atoms with Crippen LogP contribution in [0.4, 0.5) is 0 Å². The smallest absolute Gasteiger partial charge is 0.341 e. The van der Waals surface area contributed by atoms with Gasteiger partial charge in [-0.05, 0) is 23.3 Å². The molecule has 7 nitrogen and oxygen atoms in total. The van der Waals surface area contributed by atoms with Gasteiger partial charge in [-0.3, -0.25) is 4.79 Å². The molecule has 0 aromatic carbocycles. The van der Waals surface area contributed by atoms with Crippen LogP contribution in [0.25, 0.3) is 10.4 Å². The van der Waals surface area contributed by atoms with E-state index in [1.165, 1.54) is 13.0 Å². The first kappa shape index (κ1) is 11.9. The van der Waals surface area contributed by atoms with E-state index in [1.807, 2.05) is 0 Å². The monoisotopic (exact) mass is 247 g/mol. The number of ether oxygens (including phenoxy) is 2. The number of esters is 2. The van der Waals surface area contributed by atoms with Gasteiger partial charge in [0.25, 0.3) is 0 Å². The van der Waals surface area contributed by atoms with E-state index in [2.05, 4.69) is 10.0 Å². The number of hydrogen-bond acceptors (Lipinski definition) is 5. The second-order valence-corrected chi connectivity index (χ2v) is 3.71. The Morgan fingerprint density at radius 3 is 3.06 bits per heavy atom. The van der Waals surface area contributed by atoms with Crippen LogP contribution in [0.5, 0.6) is 0 Å². The topological polar surface area (TPSA) is 101 Å². The number of nitrogens with zero attached hydrogens (tertiary/aromatic N) is 3. The summed E-state index contributed by atoms with van der Waals surface area (Å²) in [5.41, 5.74) is 8.92. The van der Waals surface area contributed by atoms with Gasteiger partial charge in [0, 0.05) is 18.3 Å². The molecule has 0 fully saturated rings. The summed E-state index contributed by atoms with van der Waals surface area (Å²) in [5.74, 6) is -0.672. The van der Waals surface area contributed by atoms with E-state index in [-0.39, 0.29) is 12.1 Å². The van der Waals surface area contributed by atoms with Gasteiger partial charge in [-0.2, -0.15) is 0 Å². The second kappa shape index (κ2) is 4.77. The molecule has 1 atom stereocenters. The Morgan fingerprint density at radius 2 is 2.39 bits per heavy atom. The normalized spacial score (nSPS) is 21.5. The predicted molar refractivity (Wildman–Crippen MR) is 59.7 cm³/mol. The molecule has 1 unspecified atom stereocenters. The third-order valence-corrected chi connectivity index (χ3v) is 2.41. The summed E-state index contributed by atoms with van der Waals surface area (Å²) >= 11 is 0. The molecule has 1 aliphatic carbocycles. The van der Waals surface area contributed by atoms with Gasteiger partial charge in [-0.1, -0.05) is 11.2 Å². The van der Waals surface area contributed by atoms with Gasteiger partial charge in [-0.15, -0.1) is 0 Å². The van der Waals surface area contributed by atoms with Crippen molar-refractivity contribution in [3.63, 3.8) is 0 Å². The van der Waals surface area contributed by atoms with Crippen LogP contribution in [-0.4, -0.2) is 18.0 Å². The zero-order valence-electron chi connectivity index (χ0n) is 9.49. The van der Waals surface area contributed by atoms with E-state index in [0.29, 0.717) is 11.3 Å². The molecule has 0 amide bonds. The first-order chi connectivity index (χ1) is 8.60. The first-order valence-corrected chi connectivity index (χ1v) is 5.17. The Morgan fingerprint density at radius 1 is 1.61 bits per heavy atom. The zero-order valence-corrected chi connectivity index (χ0v) is 9.49. The molecule has 2 aliphatic rings. The number of carbonyl (C=O) groups is 2. The van der Waals surface area contributed by atoms with E-state index in [4.69, 9.17) is 15.0 Å². The molecule has 1 aliphatic heterocycles. The van der Waals surface area contributed by atoms with Crippen LogP contribution in [0, 0.1) is 0 Å². The van der Waals surface area contributed by atoms with Gasteiger partial charge in [0.05, 0.1) is 0 Å². The molecule has 1 heterocycles. The summed E-state index contributed by atoms with van der Waals surface area (Å²) in [5, 5.41) is 3.24. The van der Waals surface area contributed by atoms with Crippen molar-refractivity contribution in [1.29, 1.82) is 0 Å². The highest BCUT2D eigenvalue weighted by molar-refractivity contribution is 5.90. The van der Waals surface area contributed by atoms with Crippen LogP contribution < -0.4 is 0 Å². The minimum absolute atomic E-state index is 0.0793. The molecular formula is C11H9N3O4. The molecule has 0 aromatic rings. The summed E-state index contributed by atoms with van der Waals surface area (Å²) in [4.78, 5) is 24.8. The van der Waals surface area contributed by atoms with Crippen LogP contribution in [-0.2, 0) is 19.1 Å². The lowest BCUT2D eigenvalue weighted by atomic mass is 9.97. The number of azide groups is 1. The lowest BCUT2D eigenvalue weighted by molar-refractivity contribution is -0.144. The van der Waals surface area contributed by atoms with E-state index >= 15 is 0 Å². The SMILES string of the molecule is CC(=O)OC1=CC=C2C=C(N=[N+]=[N-])C(=O)OC2C1. The number of fused-ring (bicyclic) bond motifs is 1. The minimum atomic E-state index is -0.681. The van der Waals surface area contributed by atoms with Crippen LogP contribution in [0.1, 0.15) is 13.3 Å². The third-order valence-electron chi connectivity index (χ3n) is 2.41. The van der Waals surface area contributed by atoms with Gasteiger partial charge in [-0.25, -0.2) is 4.79 Å². The summed E-state index contributed by atoms with van der Waals surface area (Å²) < 4.78 is 10.0.